The summed E-state index contributed by atoms with van der Waals surface area (Å²) in [5.74, 6) is 0.981. The smallest absolute Gasteiger partial charge is 0.274 e. The minimum absolute atomic E-state index is 0.0176. The Morgan fingerprint density at radius 3 is 2.82 bits per heavy atom. The summed E-state index contributed by atoms with van der Waals surface area (Å²) >= 11 is 1.87. The summed E-state index contributed by atoms with van der Waals surface area (Å²) in [6.45, 7) is 4.57. The molecular formula is C19H28N4O4S. The van der Waals surface area contributed by atoms with E-state index in [0.717, 1.165) is 51.2 Å². The summed E-state index contributed by atoms with van der Waals surface area (Å²) < 4.78 is 12.7. The molecule has 4 rings (SSSR count). The molecule has 0 aliphatic carbocycles. The summed E-state index contributed by atoms with van der Waals surface area (Å²) in [5, 5.41) is 4.34. The van der Waals surface area contributed by atoms with Gasteiger partial charge in [-0.1, -0.05) is 0 Å². The first-order chi connectivity index (χ1) is 13.6. The molecule has 154 valence electrons. The number of rotatable bonds is 7. The Morgan fingerprint density at radius 1 is 1.29 bits per heavy atom. The monoisotopic (exact) mass is 408 g/mol. The minimum atomic E-state index is -0.0176. The first-order valence-corrected chi connectivity index (χ1v) is 10.9. The Hall–Kier alpha value is -1.58. The zero-order valence-electron chi connectivity index (χ0n) is 16.3. The van der Waals surface area contributed by atoms with Gasteiger partial charge in [-0.3, -0.25) is 14.3 Å². The van der Waals surface area contributed by atoms with Crippen molar-refractivity contribution in [3.8, 4) is 0 Å². The third kappa shape index (κ3) is 4.21. The van der Waals surface area contributed by atoms with Crippen molar-refractivity contribution >= 4 is 23.6 Å². The maximum absolute atomic E-state index is 12.6. The first-order valence-electron chi connectivity index (χ1n) is 9.94. The van der Waals surface area contributed by atoms with Crippen LogP contribution in [-0.4, -0.2) is 94.5 Å². The maximum atomic E-state index is 12.6. The fourth-order valence-corrected chi connectivity index (χ4v) is 5.67. The van der Waals surface area contributed by atoms with Crippen LogP contribution >= 0.6 is 11.8 Å². The highest BCUT2D eigenvalue weighted by molar-refractivity contribution is 8.01. The van der Waals surface area contributed by atoms with Crippen LogP contribution in [0.2, 0.25) is 0 Å². The standard InChI is InChI=1S/C19H28N4O4S/c1-26-9-8-23-7-4-16(20-23)18(25)22-13-19(14-22)10-15(12-28-19)27-11-17(24)21-5-2-3-6-21/h4,7,15H,2-3,5-6,8-14H2,1H3/t15-/m0/s1. The molecular weight excluding hydrogens is 380 g/mol. The molecule has 2 amide bonds. The van der Waals surface area contributed by atoms with Gasteiger partial charge in [0.1, 0.15) is 12.3 Å². The fraction of sp³-hybridized carbons (Fsp3) is 0.737. The lowest BCUT2D eigenvalue weighted by Gasteiger charge is -2.47. The molecule has 1 atom stereocenters. The molecule has 0 radical (unpaired) electrons. The number of hydrogen-bond donors (Lipinski definition) is 0. The van der Waals surface area contributed by atoms with E-state index in [1.165, 1.54) is 0 Å². The summed E-state index contributed by atoms with van der Waals surface area (Å²) in [4.78, 5) is 28.5. The molecule has 28 heavy (non-hydrogen) atoms. The van der Waals surface area contributed by atoms with E-state index in [2.05, 4.69) is 5.10 Å². The molecule has 0 aromatic carbocycles. The number of likely N-dealkylation sites (tertiary alicyclic amines) is 2. The first kappa shape index (κ1) is 19.7. The topological polar surface area (TPSA) is 76.9 Å². The molecule has 3 aliphatic rings. The highest BCUT2D eigenvalue weighted by Crippen LogP contribution is 2.46. The number of nitrogens with zero attached hydrogens (tertiary/aromatic N) is 4. The second-order valence-corrected chi connectivity index (χ2v) is 9.33. The molecule has 0 N–H and O–H groups in total. The Balaban J connectivity index is 1.21. The molecule has 1 spiro atoms. The molecule has 4 heterocycles. The second-order valence-electron chi connectivity index (χ2n) is 7.84. The number of ether oxygens (including phenoxy) is 2. The predicted molar refractivity (Wildman–Crippen MR) is 105 cm³/mol. The van der Waals surface area contributed by atoms with E-state index < -0.39 is 0 Å². The molecule has 3 aliphatic heterocycles. The van der Waals surface area contributed by atoms with Crippen molar-refractivity contribution in [1.82, 2.24) is 19.6 Å². The van der Waals surface area contributed by atoms with Gasteiger partial charge >= 0.3 is 0 Å². The quantitative estimate of drug-likeness (QED) is 0.666. The van der Waals surface area contributed by atoms with Crippen molar-refractivity contribution < 1.29 is 19.1 Å². The Bertz CT molecular complexity index is 713. The number of amides is 2. The van der Waals surface area contributed by atoms with Gasteiger partial charge in [0.05, 0.1) is 24.0 Å². The normalized spacial score (nSPS) is 23.4. The molecule has 0 saturated carbocycles. The molecule has 8 nitrogen and oxygen atoms in total. The minimum Gasteiger partial charge on any atom is -0.383 e. The number of thioether (sulfide) groups is 1. The van der Waals surface area contributed by atoms with E-state index in [1.807, 2.05) is 27.8 Å². The van der Waals surface area contributed by atoms with Crippen molar-refractivity contribution in [1.29, 1.82) is 0 Å². The van der Waals surface area contributed by atoms with Crippen LogP contribution in [0.5, 0.6) is 0 Å². The van der Waals surface area contributed by atoms with E-state index in [9.17, 15) is 9.59 Å². The summed E-state index contributed by atoms with van der Waals surface area (Å²) in [6, 6.07) is 1.76. The fourth-order valence-electron chi connectivity index (χ4n) is 4.12. The highest BCUT2D eigenvalue weighted by Gasteiger charge is 2.51. The number of carbonyl (C=O) groups excluding carboxylic acids is 2. The lowest BCUT2D eigenvalue weighted by atomic mass is 9.92. The summed E-state index contributed by atoms with van der Waals surface area (Å²) in [7, 11) is 1.65. The number of methoxy groups -OCH3 is 1. The van der Waals surface area contributed by atoms with Gasteiger partial charge < -0.3 is 19.3 Å². The third-order valence-corrected chi connectivity index (χ3v) is 7.28. The van der Waals surface area contributed by atoms with Crippen molar-refractivity contribution in [3.05, 3.63) is 18.0 Å². The van der Waals surface area contributed by atoms with Crippen molar-refractivity contribution in [2.75, 3.05) is 52.3 Å². The number of carbonyl (C=O) groups is 2. The van der Waals surface area contributed by atoms with Gasteiger partial charge in [0, 0.05) is 45.2 Å². The number of aromatic nitrogens is 2. The van der Waals surface area contributed by atoms with Gasteiger partial charge in [-0.25, -0.2) is 0 Å². The lowest BCUT2D eigenvalue weighted by Crippen LogP contribution is -2.60. The van der Waals surface area contributed by atoms with Gasteiger partial charge in [-0.2, -0.15) is 5.10 Å². The van der Waals surface area contributed by atoms with Gasteiger partial charge in [0.2, 0.25) is 5.91 Å². The Kier molecular flexibility index (Phi) is 5.93. The second kappa shape index (κ2) is 8.42. The zero-order valence-corrected chi connectivity index (χ0v) is 17.2. The Labute approximate surface area is 169 Å². The SMILES string of the molecule is COCCn1ccc(C(=O)N2CC3(C[C@H](OCC(=O)N4CCCC4)CS3)C2)n1. The van der Waals surface area contributed by atoms with Gasteiger partial charge in [0.25, 0.3) is 5.91 Å². The van der Waals surface area contributed by atoms with Crippen LogP contribution in [0.15, 0.2) is 12.3 Å². The van der Waals surface area contributed by atoms with E-state index in [1.54, 1.807) is 17.9 Å². The maximum Gasteiger partial charge on any atom is 0.274 e. The molecule has 3 saturated heterocycles. The zero-order chi connectivity index (χ0) is 19.6. The predicted octanol–water partition coefficient (Wildman–Crippen LogP) is 0.869. The average molecular weight is 409 g/mol. The van der Waals surface area contributed by atoms with Crippen LogP contribution in [0, 0.1) is 0 Å². The highest BCUT2D eigenvalue weighted by atomic mass is 32.2. The van der Waals surface area contributed by atoms with Gasteiger partial charge in [-0.05, 0) is 25.3 Å². The molecule has 1 aromatic heterocycles. The third-order valence-electron chi connectivity index (χ3n) is 5.71. The van der Waals surface area contributed by atoms with Crippen molar-refractivity contribution in [3.63, 3.8) is 0 Å². The van der Waals surface area contributed by atoms with Gasteiger partial charge in [0.15, 0.2) is 0 Å². The molecule has 9 heteroatoms. The van der Waals surface area contributed by atoms with E-state index in [-0.39, 0.29) is 29.3 Å². The molecule has 3 fully saturated rings. The molecule has 1 aromatic rings. The largest absolute Gasteiger partial charge is 0.383 e. The van der Waals surface area contributed by atoms with Crippen LogP contribution in [0.4, 0.5) is 0 Å². The van der Waals surface area contributed by atoms with Crippen LogP contribution < -0.4 is 0 Å². The molecule has 0 unspecified atom stereocenters. The Morgan fingerprint density at radius 2 is 2.07 bits per heavy atom. The molecule has 0 bridgehead atoms. The summed E-state index contributed by atoms with van der Waals surface area (Å²) in [6.07, 6.45) is 5.01. The van der Waals surface area contributed by atoms with E-state index in [4.69, 9.17) is 9.47 Å². The lowest BCUT2D eigenvalue weighted by molar-refractivity contribution is -0.136. The number of hydrogen-bond acceptors (Lipinski definition) is 6. The van der Waals surface area contributed by atoms with Crippen molar-refractivity contribution in [2.24, 2.45) is 0 Å². The van der Waals surface area contributed by atoms with Crippen LogP contribution in [-0.2, 0) is 20.8 Å². The summed E-state index contributed by atoms with van der Waals surface area (Å²) in [5.41, 5.74) is 0.484. The van der Waals surface area contributed by atoms with Crippen LogP contribution in [0.1, 0.15) is 29.8 Å². The van der Waals surface area contributed by atoms with E-state index in [0.29, 0.717) is 18.8 Å². The van der Waals surface area contributed by atoms with E-state index >= 15 is 0 Å². The van der Waals surface area contributed by atoms with Crippen LogP contribution in [0.25, 0.3) is 0 Å². The average Bonchev–Trinajstić information content (AvgIpc) is 3.43. The van der Waals surface area contributed by atoms with Gasteiger partial charge in [-0.15, -0.1) is 11.8 Å². The van der Waals surface area contributed by atoms with Crippen LogP contribution in [0.3, 0.4) is 0 Å². The van der Waals surface area contributed by atoms with Crippen molar-refractivity contribution in [2.45, 2.75) is 36.7 Å².